The molecule has 0 unspecified atom stereocenters. The summed E-state index contributed by atoms with van der Waals surface area (Å²) in [7, 11) is -1.68. The fourth-order valence-electron chi connectivity index (χ4n) is 2.57. The van der Waals surface area contributed by atoms with E-state index < -0.39 is 7.25 Å². The van der Waals surface area contributed by atoms with Gasteiger partial charge in [0.25, 0.3) is 5.82 Å². The number of rotatable bonds is 1. The number of fused-ring (bicyclic) bond motifs is 1. The van der Waals surface area contributed by atoms with Crippen molar-refractivity contribution >= 4 is 18.3 Å². The third kappa shape index (κ3) is 4.22. The van der Waals surface area contributed by atoms with E-state index in [9.17, 15) is 17.3 Å². The lowest BCUT2D eigenvalue weighted by molar-refractivity contribution is -0.655. The first-order valence-electron chi connectivity index (χ1n) is 6.76. The van der Waals surface area contributed by atoms with Gasteiger partial charge in [0, 0.05) is 0 Å². The Hall–Kier alpha value is -1.53. The molecule has 0 bridgehead atoms. The summed E-state index contributed by atoms with van der Waals surface area (Å²) in [5.74, 6) is 1.92. The minimum atomic E-state index is -6.00. The molecule has 0 spiro atoms. The summed E-state index contributed by atoms with van der Waals surface area (Å²) in [5, 5.41) is 0. The van der Waals surface area contributed by atoms with E-state index in [0.717, 1.165) is 0 Å². The molecule has 0 saturated heterocycles. The Bertz CT molecular complexity index is 594. The van der Waals surface area contributed by atoms with Crippen LogP contribution in [0, 0.1) is 13.8 Å². The summed E-state index contributed by atoms with van der Waals surface area (Å²) >= 11 is 0. The van der Waals surface area contributed by atoms with Gasteiger partial charge < -0.3 is 17.3 Å². The quantitative estimate of drug-likeness (QED) is 0.427. The predicted octanol–water partition coefficient (Wildman–Crippen LogP) is 4.04. The van der Waals surface area contributed by atoms with Crippen LogP contribution in [0.1, 0.15) is 36.7 Å². The van der Waals surface area contributed by atoms with E-state index in [-0.39, 0.29) is 0 Å². The van der Waals surface area contributed by atoms with Crippen molar-refractivity contribution in [1.29, 1.82) is 0 Å². The number of hydrogen-bond acceptors (Lipinski definition) is 0. The first-order chi connectivity index (χ1) is 9.43. The van der Waals surface area contributed by atoms with E-state index in [1.165, 1.54) is 28.0 Å². The predicted molar refractivity (Wildman–Crippen MR) is 77.8 cm³/mol. The van der Waals surface area contributed by atoms with Crippen LogP contribution in [-0.2, 0) is 14.1 Å². The molecule has 7 heteroatoms. The summed E-state index contributed by atoms with van der Waals surface area (Å²) in [6.45, 7) is 8.84. The molecule has 2 nitrogen and oxygen atoms in total. The lowest BCUT2D eigenvalue weighted by Gasteiger charge is -2.00. The molecule has 0 aliphatic heterocycles. The molecule has 2 rings (SSSR count). The Morgan fingerprint density at radius 1 is 1.05 bits per heavy atom. The van der Waals surface area contributed by atoms with Crippen LogP contribution in [-0.4, -0.2) is 11.8 Å². The Morgan fingerprint density at radius 2 is 1.48 bits per heavy atom. The van der Waals surface area contributed by atoms with Crippen LogP contribution in [0.5, 0.6) is 0 Å². The van der Waals surface area contributed by atoms with Crippen LogP contribution >= 0.6 is 0 Å². The number of nitrogens with zero attached hydrogens (tertiary/aromatic N) is 2. The van der Waals surface area contributed by atoms with Crippen molar-refractivity contribution in [3.8, 4) is 0 Å². The molecule has 0 fully saturated rings. The van der Waals surface area contributed by atoms with Crippen molar-refractivity contribution < 1.29 is 21.8 Å². The van der Waals surface area contributed by atoms with Crippen molar-refractivity contribution in [3.05, 3.63) is 29.1 Å². The highest BCUT2D eigenvalue weighted by Gasteiger charge is 2.23. The van der Waals surface area contributed by atoms with Crippen molar-refractivity contribution in [2.45, 2.75) is 33.6 Å². The molecular formula is C14H21BF4N2. The van der Waals surface area contributed by atoms with Gasteiger partial charge in [0.2, 0.25) is 0 Å². The second-order valence-corrected chi connectivity index (χ2v) is 5.55. The normalized spacial score (nSPS) is 11.8. The summed E-state index contributed by atoms with van der Waals surface area (Å²) in [6.07, 6.45) is 0. The average molecular weight is 304 g/mol. The number of aromatic nitrogens is 2. The maximum Gasteiger partial charge on any atom is 0.673 e. The van der Waals surface area contributed by atoms with E-state index in [1.807, 2.05) is 0 Å². The SMILES string of the molecule is Cc1cc2c(cc1C)[n+](C)c(C(C)C)n2C.F[B-](F)(F)F. The Kier molecular flexibility index (Phi) is 5.07. The number of aryl methyl sites for hydroxylation is 4. The number of benzene rings is 1. The highest BCUT2D eigenvalue weighted by molar-refractivity contribution is 6.50. The number of imidazole rings is 1. The molecule has 0 saturated carbocycles. The fraction of sp³-hybridized carbons (Fsp3) is 0.500. The van der Waals surface area contributed by atoms with Gasteiger partial charge in [-0.25, -0.2) is 9.13 Å². The molecule has 0 radical (unpaired) electrons. The van der Waals surface area contributed by atoms with Gasteiger partial charge in [0.15, 0.2) is 11.0 Å². The van der Waals surface area contributed by atoms with Gasteiger partial charge in [0.1, 0.15) is 0 Å². The second-order valence-electron chi connectivity index (χ2n) is 5.55. The molecule has 0 aliphatic carbocycles. The lowest BCUT2D eigenvalue weighted by atomic mass is 10.1. The molecule has 118 valence electrons. The zero-order valence-electron chi connectivity index (χ0n) is 13.2. The topological polar surface area (TPSA) is 8.81 Å². The Balaban J connectivity index is 0.000000383. The van der Waals surface area contributed by atoms with Gasteiger partial charge in [-0.05, 0) is 37.1 Å². The Labute approximate surface area is 122 Å². The summed E-state index contributed by atoms with van der Waals surface area (Å²) in [4.78, 5) is 0. The molecule has 0 amide bonds. The van der Waals surface area contributed by atoms with Gasteiger partial charge in [-0.3, -0.25) is 0 Å². The molecule has 21 heavy (non-hydrogen) atoms. The summed E-state index contributed by atoms with van der Waals surface area (Å²) in [5.41, 5.74) is 5.39. The van der Waals surface area contributed by atoms with Crippen molar-refractivity contribution in [2.24, 2.45) is 14.1 Å². The standard InChI is InChI=1S/C14H21N2.BF4/c1-9(2)14-15(5)12-7-10(3)11(4)8-13(12)16(14)6;2-1(3,4)5/h7-9H,1-6H3;/q+1;-1. The van der Waals surface area contributed by atoms with Crippen LogP contribution in [0.4, 0.5) is 17.3 Å². The fourth-order valence-corrected chi connectivity index (χ4v) is 2.57. The van der Waals surface area contributed by atoms with Crippen LogP contribution in [0.15, 0.2) is 12.1 Å². The summed E-state index contributed by atoms with van der Waals surface area (Å²) in [6, 6.07) is 4.58. The van der Waals surface area contributed by atoms with Crippen LogP contribution < -0.4 is 4.57 Å². The molecule has 1 heterocycles. The monoisotopic (exact) mass is 304 g/mol. The minimum Gasteiger partial charge on any atom is -0.418 e. The van der Waals surface area contributed by atoms with E-state index in [4.69, 9.17) is 0 Å². The first-order valence-corrected chi connectivity index (χ1v) is 6.76. The maximum absolute atomic E-state index is 9.75. The zero-order chi connectivity index (χ0) is 16.5. The molecular weight excluding hydrogens is 283 g/mol. The van der Waals surface area contributed by atoms with Crippen LogP contribution in [0.25, 0.3) is 11.0 Å². The molecule has 0 aliphatic rings. The maximum atomic E-state index is 9.75. The smallest absolute Gasteiger partial charge is 0.418 e. The van der Waals surface area contributed by atoms with Gasteiger partial charge in [-0.2, -0.15) is 0 Å². The van der Waals surface area contributed by atoms with E-state index in [0.29, 0.717) is 5.92 Å². The van der Waals surface area contributed by atoms with Crippen LogP contribution in [0.3, 0.4) is 0 Å². The van der Waals surface area contributed by atoms with Gasteiger partial charge in [-0.15, -0.1) is 0 Å². The van der Waals surface area contributed by atoms with Crippen molar-refractivity contribution in [2.75, 3.05) is 0 Å². The lowest BCUT2D eigenvalue weighted by Crippen LogP contribution is -2.33. The first kappa shape index (κ1) is 17.5. The number of halogens is 4. The van der Waals surface area contributed by atoms with E-state index in [1.54, 1.807) is 0 Å². The Morgan fingerprint density at radius 3 is 1.90 bits per heavy atom. The molecule has 1 aromatic carbocycles. The highest BCUT2D eigenvalue weighted by atomic mass is 19.5. The summed E-state index contributed by atoms with van der Waals surface area (Å²) < 4.78 is 43.6. The second kappa shape index (κ2) is 6.07. The molecule has 1 aromatic heterocycles. The average Bonchev–Trinajstić information content (AvgIpc) is 2.50. The third-order valence-corrected chi connectivity index (χ3v) is 3.52. The molecule has 2 aromatic rings. The van der Waals surface area contributed by atoms with Crippen molar-refractivity contribution in [3.63, 3.8) is 0 Å². The van der Waals surface area contributed by atoms with Gasteiger partial charge in [0.05, 0.1) is 20.0 Å². The third-order valence-electron chi connectivity index (χ3n) is 3.52. The zero-order valence-corrected chi connectivity index (χ0v) is 13.2. The van der Waals surface area contributed by atoms with Gasteiger partial charge in [-0.1, -0.05) is 13.8 Å². The highest BCUT2D eigenvalue weighted by Crippen LogP contribution is 2.21. The van der Waals surface area contributed by atoms with E-state index in [2.05, 4.69) is 63.1 Å². The van der Waals surface area contributed by atoms with Crippen molar-refractivity contribution in [1.82, 2.24) is 4.57 Å². The van der Waals surface area contributed by atoms with E-state index >= 15 is 0 Å². The molecule has 0 atom stereocenters. The number of hydrogen-bond donors (Lipinski definition) is 0. The van der Waals surface area contributed by atoms with Gasteiger partial charge >= 0.3 is 7.25 Å². The largest absolute Gasteiger partial charge is 0.673 e. The van der Waals surface area contributed by atoms with Crippen LogP contribution in [0.2, 0.25) is 0 Å². The molecule has 0 N–H and O–H groups in total. The minimum absolute atomic E-state index is 0.544.